The molecule has 0 heterocycles. The summed E-state index contributed by atoms with van der Waals surface area (Å²) in [6.45, 7) is 1.87. The summed E-state index contributed by atoms with van der Waals surface area (Å²) in [5, 5.41) is 6.57. The first-order valence-corrected chi connectivity index (χ1v) is 13.5. The first-order chi connectivity index (χ1) is 18.3. The van der Waals surface area contributed by atoms with E-state index >= 15 is 0 Å². The number of aryl methyl sites for hydroxylation is 1. The number of carbonyl (C=O) groups is 2. The quantitative estimate of drug-likeness (QED) is 0.202. The lowest BCUT2D eigenvalue weighted by Gasteiger charge is -2.19. The number of hydrogen-bond acceptors (Lipinski definition) is 4. The van der Waals surface area contributed by atoms with Crippen molar-refractivity contribution in [2.45, 2.75) is 23.5 Å². The number of thioether (sulfide) groups is 1. The van der Waals surface area contributed by atoms with Crippen LogP contribution in [0.4, 0.5) is 11.4 Å². The maximum atomic E-state index is 13.6. The Kier molecular flexibility index (Phi) is 9.34. The Balaban J connectivity index is 1.53. The molecule has 0 aromatic heterocycles. The maximum absolute atomic E-state index is 13.6. The first-order valence-electron chi connectivity index (χ1n) is 11.8. The fourth-order valence-corrected chi connectivity index (χ4v) is 5.17. The van der Waals surface area contributed by atoms with Gasteiger partial charge in [-0.3, -0.25) is 9.59 Å². The minimum atomic E-state index is -0.558. The van der Waals surface area contributed by atoms with Crippen molar-refractivity contribution in [3.8, 4) is 5.75 Å². The third-order valence-electron chi connectivity index (χ3n) is 5.73. The molecule has 2 N–H and O–H groups in total. The fourth-order valence-electron chi connectivity index (χ4n) is 3.80. The van der Waals surface area contributed by atoms with Crippen LogP contribution in [0.5, 0.6) is 5.75 Å². The van der Waals surface area contributed by atoms with Crippen LogP contribution in [0.15, 0.2) is 95.9 Å². The molecular weight excluding hydrogens is 539 g/mol. The van der Waals surface area contributed by atoms with Crippen LogP contribution >= 0.6 is 35.0 Å². The van der Waals surface area contributed by atoms with Gasteiger partial charge in [-0.2, -0.15) is 0 Å². The van der Waals surface area contributed by atoms with Gasteiger partial charge in [0.15, 0.2) is 0 Å². The van der Waals surface area contributed by atoms with Crippen LogP contribution in [0.25, 0.3) is 0 Å². The summed E-state index contributed by atoms with van der Waals surface area (Å²) >= 11 is 13.6. The summed E-state index contributed by atoms with van der Waals surface area (Å²) in [6.07, 6.45) is 0.228. The van der Waals surface area contributed by atoms with Gasteiger partial charge in [0, 0.05) is 26.7 Å². The lowest BCUT2D eigenvalue weighted by atomic mass is 10.1. The second kappa shape index (κ2) is 12.9. The Labute approximate surface area is 236 Å². The average molecular weight is 566 g/mol. The van der Waals surface area contributed by atoms with E-state index in [2.05, 4.69) is 10.6 Å². The van der Waals surface area contributed by atoms with Crippen molar-refractivity contribution in [2.75, 3.05) is 17.7 Å². The summed E-state index contributed by atoms with van der Waals surface area (Å²) in [7, 11) is 1.53. The molecule has 0 saturated heterocycles. The van der Waals surface area contributed by atoms with Gasteiger partial charge < -0.3 is 15.4 Å². The minimum Gasteiger partial charge on any atom is -0.495 e. The zero-order valence-corrected chi connectivity index (χ0v) is 23.2. The number of rotatable bonds is 9. The topological polar surface area (TPSA) is 67.4 Å². The molecule has 0 aliphatic rings. The van der Waals surface area contributed by atoms with Gasteiger partial charge in [-0.05, 0) is 60.0 Å². The van der Waals surface area contributed by atoms with E-state index in [1.54, 1.807) is 24.3 Å². The highest BCUT2D eigenvalue weighted by molar-refractivity contribution is 8.00. The van der Waals surface area contributed by atoms with E-state index in [0.717, 1.165) is 21.6 Å². The van der Waals surface area contributed by atoms with Crippen molar-refractivity contribution in [3.05, 3.63) is 118 Å². The molecule has 0 saturated carbocycles. The van der Waals surface area contributed by atoms with Crippen LogP contribution < -0.4 is 15.4 Å². The molecule has 0 fully saturated rings. The van der Waals surface area contributed by atoms with Crippen molar-refractivity contribution in [3.63, 3.8) is 0 Å². The fraction of sp³-hybridized carbons (Fsp3) is 0.133. The molecule has 4 aromatic carbocycles. The van der Waals surface area contributed by atoms with Crippen molar-refractivity contribution in [1.82, 2.24) is 0 Å². The van der Waals surface area contributed by atoms with Gasteiger partial charge in [0.05, 0.1) is 19.2 Å². The number of nitrogens with one attached hydrogen (secondary N) is 2. The molecule has 1 unspecified atom stereocenters. The largest absolute Gasteiger partial charge is 0.495 e. The molecule has 194 valence electrons. The Morgan fingerprint density at radius 2 is 1.63 bits per heavy atom. The van der Waals surface area contributed by atoms with E-state index in [9.17, 15) is 9.59 Å². The van der Waals surface area contributed by atoms with Crippen molar-refractivity contribution in [1.29, 1.82) is 0 Å². The predicted octanol–water partition coefficient (Wildman–Crippen LogP) is 7.96. The Morgan fingerprint density at radius 1 is 0.895 bits per heavy atom. The second-order valence-electron chi connectivity index (χ2n) is 8.58. The second-order valence-corrected chi connectivity index (χ2v) is 10.6. The summed E-state index contributed by atoms with van der Waals surface area (Å²) in [5.41, 5.74) is 3.73. The number of methoxy groups -OCH3 is 1. The highest BCUT2D eigenvalue weighted by Gasteiger charge is 2.24. The highest BCUT2D eigenvalue weighted by Crippen LogP contribution is 2.38. The van der Waals surface area contributed by atoms with Crippen LogP contribution in [0.1, 0.15) is 21.9 Å². The molecule has 8 heteroatoms. The molecule has 2 amide bonds. The normalized spacial score (nSPS) is 11.5. The number of anilines is 2. The van der Waals surface area contributed by atoms with Gasteiger partial charge in [-0.15, -0.1) is 11.8 Å². The third-order valence-corrected chi connectivity index (χ3v) is 7.64. The molecule has 1 atom stereocenters. The van der Waals surface area contributed by atoms with Crippen LogP contribution in [-0.4, -0.2) is 18.9 Å². The number of hydrogen-bond donors (Lipinski definition) is 2. The standard InChI is InChI=1S/C30H26Cl2N2O3S/c1-19-15-26(27(37-2)18-25(19)32)34-30(36)29(21-7-4-3-5-8-21)38-24-10-6-9-23(17-24)33-28(35)16-20-11-13-22(31)14-12-20/h3-15,17-18,29H,16H2,1-2H3,(H,33,35)(H,34,36). The summed E-state index contributed by atoms with van der Waals surface area (Å²) in [6, 6.07) is 27.6. The average Bonchev–Trinajstić information content (AvgIpc) is 2.91. The molecule has 0 spiro atoms. The van der Waals surface area contributed by atoms with Gasteiger partial charge in [-0.25, -0.2) is 0 Å². The van der Waals surface area contributed by atoms with Crippen LogP contribution in [0.3, 0.4) is 0 Å². The van der Waals surface area contributed by atoms with E-state index in [1.165, 1.54) is 18.9 Å². The number of halogens is 2. The third kappa shape index (κ3) is 7.32. The van der Waals surface area contributed by atoms with E-state index in [-0.39, 0.29) is 18.2 Å². The predicted molar refractivity (Wildman–Crippen MR) is 157 cm³/mol. The zero-order chi connectivity index (χ0) is 27.1. The molecule has 4 aromatic rings. The van der Waals surface area contributed by atoms with Gasteiger partial charge in [0.2, 0.25) is 11.8 Å². The zero-order valence-electron chi connectivity index (χ0n) is 20.8. The van der Waals surface area contributed by atoms with E-state index in [4.69, 9.17) is 27.9 Å². The number of carbonyl (C=O) groups excluding carboxylic acids is 2. The van der Waals surface area contributed by atoms with Gasteiger partial charge in [0.1, 0.15) is 11.0 Å². The Bertz CT molecular complexity index is 1430. The van der Waals surface area contributed by atoms with Crippen LogP contribution in [0.2, 0.25) is 10.0 Å². The number of ether oxygens (including phenoxy) is 1. The Morgan fingerprint density at radius 3 is 2.34 bits per heavy atom. The number of benzene rings is 4. The van der Waals surface area contributed by atoms with E-state index in [1.807, 2.05) is 73.7 Å². The number of amides is 2. The lowest BCUT2D eigenvalue weighted by Crippen LogP contribution is -2.19. The lowest BCUT2D eigenvalue weighted by molar-refractivity contribution is -0.116. The van der Waals surface area contributed by atoms with Gasteiger partial charge in [0.25, 0.3) is 0 Å². The molecule has 4 rings (SSSR count). The van der Waals surface area contributed by atoms with Crippen molar-refractivity contribution < 1.29 is 14.3 Å². The monoisotopic (exact) mass is 564 g/mol. The molecule has 5 nitrogen and oxygen atoms in total. The molecule has 0 bridgehead atoms. The summed E-state index contributed by atoms with van der Waals surface area (Å²) in [5.74, 6) is 0.131. The minimum absolute atomic E-state index is 0.142. The molecule has 0 aliphatic carbocycles. The van der Waals surface area contributed by atoms with Crippen molar-refractivity contribution in [2.24, 2.45) is 0 Å². The van der Waals surface area contributed by atoms with Crippen LogP contribution in [0, 0.1) is 6.92 Å². The van der Waals surface area contributed by atoms with Gasteiger partial charge in [-0.1, -0.05) is 71.7 Å². The Hall–Kier alpha value is -3.45. The maximum Gasteiger partial charge on any atom is 0.242 e. The highest BCUT2D eigenvalue weighted by atomic mass is 35.5. The van der Waals surface area contributed by atoms with E-state index in [0.29, 0.717) is 27.2 Å². The van der Waals surface area contributed by atoms with Crippen LogP contribution in [-0.2, 0) is 16.0 Å². The summed E-state index contributed by atoms with van der Waals surface area (Å²) in [4.78, 5) is 27.0. The molecule has 38 heavy (non-hydrogen) atoms. The summed E-state index contributed by atoms with van der Waals surface area (Å²) < 4.78 is 5.43. The van der Waals surface area contributed by atoms with E-state index < -0.39 is 5.25 Å². The van der Waals surface area contributed by atoms with Gasteiger partial charge >= 0.3 is 0 Å². The first kappa shape index (κ1) is 27.6. The molecule has 0 radical (unpaired) electrons. The molecular formula is C30H26Cl2N2O3S. The SMILES string of the molecule is COc1cc(Cl)c(C)cc1NC(=O)C(Sc1cccc(NC(=O)Cc2ccc(Cl)cc2)c1)c1ccccc1. The molecule has 0 aliphatic heterocycles. The van der Waals surface area contributed by atoms with Crippen molar-refractivity contribution >= 4 is 58.2 Å². The smallest absolute Gasteiger partial charge is 0.242 e.